The largest absolute Gasteiger partial charge is 0.397 e. The average molecular weight is 336 g/mol. The van der Waals surface area contributed by atoms with Crippen LogP contribution in [0.25, 0.3) is 0 Å². The molecule has 0 aliphatic carbocycles. The van der Waals surface area contributed by atoms with Gasteiger partial charge in [-0.1, -0.05) is 0 Å². The van der Waals surface area contributed by atoms with Gasteiger partial charge in [0.05, 0.1) is 27.7 Å². The van der Waals surface area contributed by atoms with E-state index in [2.05, 4.69) is 4.90 Å². The molecule has 5 heteroatoms. The number of benzene rings is 1. The summed E-state index contributed by atoms with van der Waals surface area (Å²) in [5, 5.41) is 0. The van der Waals surface area contributed by atoms with Crippen molar-refractivity contribution in [2.45, 2.75) is 13.0 Å². The van der Waals surface area contributed by atoms with Gasteiger partial charge in [-0.05, 0) is 35.6 Å². The van der Waals surface area contributed by atoms with Crippen LogP contribution < -0.4 is 10.6 Å². The third-order valence-corrected chi connectivity index (χ3v) is 3.48. The summed E-state index contributed by atoms with van der Waals surface area (Å²) in [4.78, 5) is 2.07. The minimum absolute atomic E-state index is 0.162. The first-order chi connectivity index (χ1) is 7.58. The summed E-state index contributed by atoms with van der Waals surface area (Å²) in [5.74, 6) is -0.219. The second-order valence-corrected chi connectivity index (χ2v) is 5.11. The van der Waals surface area contributed by atoms with Crippen LogP contribution >= 0.6 is 22.6 Å². The number of hydrogen-bond donors (Lipinski definition) is 1. The maximum absolute atomic E-state index is 13.5. The van der Waals surface area contributed by atoms with Crippen LogP contribution in [0, 0.1) is 9.39 Å². The Morgan fingerprint density at radius 1 is 1.56 bits per heavy atom. The molecule has 0 spiro atoms. The van der Waals surface area contributed by atoms with Crippen LogP contribution in [0.5, 0.6) is 0 Å². The Labute approximate surface area is 108 Å². The molecule has 1 aromatic carbocycles. The molecule has 3 nitrogen and oxygen atoms in total. The predicted octanol–water partition coefficient (Wildman–Crippen LogP) is 2.24. The number of anilines is 2. The standard InChI is InChI=1S/C11H14FIN2O/c1-7-6-15(2-3-16-7)11-4-8(12)9(13)5-10(11)14/h4-5,7H,2-3,6,14H2,1H3. The van der Waals surface area contributed by atoms with E-state index in [0.29, 0.717) is 15.9 Å². The fourth-order valence-corrected chi connectivity index (χ4v) is 2.35. The van der Waals surface area contributed by atoms with Crippen molar-refractivity contribution in [3.63, 3.8) is 0 Å². The second kappa shape index (κ2) is 4.75. The summed E-state index contributed by atoms with van der Waals surface area (Å²) >= 11 is 1.94. The number of halogens is 2. The van der Waals surface area contributed by atoms with Gasteiger partial charge in [-0.3, -0.25) is 0 Å². The lowest BCUT2D eigenvalue weighted by Gasteiger charge is -2.33. The third-order valence-electron chi connectivity index (χ3n) is 2.65. The molecule has 1 aromatic rings. The van der Waals surface area contributed by atoms with E-state index in [0.717, 1.165) is 18.8 Å². The fraction of sp³-hybridized carbons (Fsp3) is 0.455. The predicted molar refractivity (Wildman–Crippen MR) is 71.2 cm³/mol. The molecule has 88 valence electrons. The van der Waals surface area contributed by atoms with Gasteiger partial charge >= 0.3 is 0 Å². The van der Waals surface area contributed by atoms with Crippen LogP contribution in [-0.2, 0) is 4.74 Å². The maximum atomic E-state index is 13.5. The second-order valence-electron chi connectivity index (χ2n) is 3.95. The zero-order valence-corrected chi connectivity index (χ0v) is 11.2. The summed E-state index contributed by atoms with van der Waals surface area (Å²) in [7, 11) is 0. The Kier molecular flexibility index (Phi) is 3.53. The average Bonchev–Trinajstić information content (AvgIpc) is 2.23. The van der Waals surface area contributed by atoms with Crippen molar-refractivity contribution in [1.29, 1.82) is 0 Å². The highest BCUT2D eigenvalue weighted by molar-refractivity contribution is 14.1. The molecular weight excluding hydrogens is 322 g/mol. The van der Waals surface area contributed by atoms with Gasteiger partial charge in [-0.25, -0.2) is 4.39 Å². The van der Waals surface area contributed by atoms with Gasteiger partial charge in [0.2, 0.25) is 0 Å². The Morgan fingerprint density at radius 2 is 2.31 bits per heavy atom. The van der Waals surface area contributed by atoms with Crippen LogP contribution in [0.15, 0.2) is 12.1 Å². The van der Waals surface area contributed by atoms with Crippen molar-refractivity contribution >= 4 is 34.0 Å². The van der Waals surface area contributed by atoms with Gasteiger partial charge in [-0.2, -0.15) is 0 Å². The van der Waals surface area contributed by atoms with E-state index in [4.69, 9.17) is 10.5 Å². The molecule has 1 aliphatic heterocycles. The van der Waals surface area contributed by atoms with Crippen molar-refractivity contribution in [3.8, 4) is 0 Å². The Bertz CT molecular complexity index is 400. The highest BCUT2D eigenvalue weighted by atomic mass is 127. The van der Waals surface area contributed by atoms with Gasteiger partial charge in [0.25, 0.3) is 0 Å². The van der Waals surface area contributed by atoms with Crippen molar-refractivity contribution in [2.24, 2.45) is 0 Å². The first-order valence-electron chi connectivity index (χ1n) is 5.19. The highest BCUT2D eigenvalue weighted by Gasteiger charge is 2.19. The molecule has 1 saturated heterocycles. The first kappa shape index (κ1) is 11.9. The molecule has 0 bridgehead atoms. The third kappa shape index (κ3) is 2.40. The van der Waals surface area contributed by atoms with Gasteiger partial charge in [0.15, 0.2) is 0 Å². The summed E-state index contributed by atoms with van der Waals surface area (Å²) in [6, 6.07) is 3.18. The quantitative estimate of drug-likeness (QED) is 0.631. The molecule has 0 radical (unpaired) electrons. The Morgan fingerprint density at radius 3 is 3.00 bits per heavy atom. The Balaban J connectivity index is 2.29. The minimum atomic E-state index is -0.219. The summed E-state index contributed by atoms with van der Waals surface area (Å²) in [5.41, 5.74) is 7.31. The Hall–Kier alpha value is -0.560. The molecule has 16 heavy (non-hydrogen) atoms. The molecule has 0 amide bonds. The smallest absolute Gasteiger partial charge is 0.138 e. The van der Waals surface area contributed by atoms with Crippen molar-refractivity contribution in [3.05, 3.63) is 21.5 Å². The molecule has 1 fully saturated rings. The number of ether oxygens (including phenoxy) is 1. The molecule has 1 aliphatic rings. The van der Waals surface area contributed by atoms with E-state index in [1.54, 1.807) is 6.07 Å². The maximum Gasteiger partial charge on any atom is 0.138 e. The van der Waals surface area contributed by atoms with Gasteiger partial charge < -0.3 is 15.4 Å². The van der Waals surface area contributed by atoms with Crippen molar-refractivity contribution in [2.75, 3.05) is 30.3 Å². The lowest BCUT2D eigenvalue weighted by molar-refractivity contribution is 0.0532. The molecule has 1 heterocycles. The monoisotopic (exact) mass is 336 g/mol. The molecule has 1 unspecified atom stereocenters. The molecule has 0 aromatic heterocycles. The van der Waals surface area contributed by atoms with E-state index in [9.17, 15) is 4.39 Å². The lowest BCUT2D eigenvalue weighted by Crippen LogP contribution is -2.41. The molecular formula is C11H14FIN2O. The number of nitrogen functional groups attached to an aromatic ring is 1. The fourth-order valence-electron chi connectivity index (χ4n) is 1.86. The minimum Gasteiger partial charge on any atom is -0.397 e. The SMILES string of the molecule is CC1CN(c2cc(F)c(I)cc2N)CCO1. The van der Waals surface area contributed by atoms with E-state index in [1.807, 2.05) is 29.5 Å². The molecule has 1 atom stereocenters. The summed E-state index contributed by atoms with van der Waals surface area (Å²) in [6.07, 6.45) is 0.162. The highest BCUT2D eigenvalue weighted by Crippen LogP contribution is 2.28. The van der Waals surface area contributed by atoms with Crippen molar-refractivity contribution < 1.29 is 9.13 Å². The molecule has 2 rings (SSSR count). The summed E-state index contributed by atoms with van der Waals surface area (Å²) in [6.45, 7) is 4.18. The van der Waals surface area contributed by atoms with Crippen LogP contribution in [0.2, 0.25) is 0 Å². The summed E-state index contributed by atoms with van der Waals surface area (Å²) < 4.78 is 19.5. The number of morpholine rings is 1. The van der Waals surface area contributed by atoms with Crippen LogP contribution in [0.1, 0.15) is 6.92 Å². The van der Waals surface area contributed by atoms with Crippen LogP contribution in [-0.4, -0.2) is 25.8 Å². The zero-order chi connectivity index (χ0) is 11.7. The van der Waals surface area contributed by atoms with E-state index in [1.165, 1.54) is 6.07 Å². The topological polar surface area (TPSA) is 38.5 Å². The number of rotatable bonds is 1. The van der Waals surface area contributed by atoms with E-state index in [-0.39, 0.29) is 11.9 Å². The van der Waals surface area contributed by atoms with Crippen molar-refractivity contribution in [1.82, 2.24) is 0 Å². The lowest BCUT2D eigenvalue weighted by atomic mass is 10.2. The molecule has 0 saturated carbocycles. The van der Waals surface area contributed by atoms with E-state index < -0.39 is 0 Å². The number of hydrogen-bond acceptors (Lipinski definition) is 3. The van der Waals surface area contributed by atoms with Crippen LogP contribution in [0.4, 0.5) is 15.8 Å². The number of nitrogens with two attached hydrogens (primary N) is 1. The normalized spacial score (nSPS) is 21.2. The van der Waals surface area contributed by atoms with E-state index >= 15 is 0 Å². The molecule has 2 N–H and O–H groups in total. The number of nitrogens with zero attached hydrogens (tertiary/aromatic N) is 1. The van der Waals surface area contributed by atoms with Gasteiger partial charge in [-0.15, -0.1) is 0 Å². The van der Waals surface area contributed by atoms with Crippen LogP contribution in [0.3, 0.4) is 0 Å². The van der Waals surface area contributed by atoms with Gasteiger partial charge in [0.1, 0.15) is 5.82 Å². The first-order valence-corrected chi connectivity index (χ1v) is 6.27. The van der Waals surface area contributed by atoms with Gasteiger partial charge in [0, 0.05) is 19.2 Å². The zero-order valence-electron chi connectivity index (χ0n) is 9.04.